The van der Waals surface area contributed by atoms with E-state index in [1.807, 2.05) is 30.0 Å². The molecule has 2 aliphatic heterocycles. The lowest BCUT2D eigenvalue weighted by Crippen LogP contribution is -2.49. The molecule has 31 heavy (non-hydrogen) atoms. The van der Waals surface area contributed by atoms with Crippen molar-refractivity contribution in [3.8, 4) is 0 Å². The average Bonchev–Trinajstić information content (AvgIpc) is 3.18. The highest BCUT2D eigenvalue weighted by molar-refractivity contribution is 14.0. The number of anilines is 1. The number of carbonyl (C=O) groups is 2. The molecule has 0 aliphatic carbocycles. The highest BCUT2D eigenvalue weighted by Crippen LogP contribution is 2.24. The molecule has 1 aromatic carbocycles. The van der Waals surface area contributed by atoms with Crippen molar-refractivity contribution >= 4 is 47.5 Å². The molecule has 2 heterocycles. The Labute approximate surface area is 202 Å². The molecule has 1 amide bonds. The molecule has 2 aliphatic rings. The number of piperazine rings is 1. The van der Waals surface area contributed by atoms with Gasteiger partial charge in [0.2, 0.25) is 5.91 Å². The van der Waals surface area contributed by atoms with Gasteiger partial charge in [-0.15, -0.1) is 24.0 Å². The van der Waals surface area contributed by atoms with Gasteiger partial charge in [0.15, 0.2) is 5.96 Å². The summed E-state index contributed by atoms with van der Waals surface area (Å²) in [7, 11) is 3.15. The predicted octanol–water partition coefficient (Wildman–Crippen LogP) is 1.66. The van der Waals surface area contributed by atoms with Crippen molar-refractivity contribution in [1.29, 1.82) is 0 Å². The number of halogens is 1. The molecule has 2 saturated heterocycles. The van der Waals surface area contributed by atoms with E-state index in [2.05, 4.69) is 32.2 Å². The molecule has 8 nitrogen and oxygen atoms in total. The van der Waals surface area contributed by atoms with Crippen molar-refractivity contribution in [3.05, 3.63) is 30.3 Å². The number of nitrogens with zero attached hydrogens (tertiary/aromatic N) is 4. The number of carbonyl (C=O) groups excluding carboxylic acids is 2. The predicted molar refractivity (Wildman–Crippen MR) is 133 cm³/mol. The molecule has 3 rings (SSSR count). The Bertz CT molecular complexity index is 753. The number of likely N-dealkylation sites (tertiary alicyclic amines) is 1. The van der Waals surface area contributed by atoms with Crippen LogP contribution in [-0.2, 0) is 14.3 Å². The van der Waals surface area contributed by atoms with Crippen molar-refractivity contribution in [3.63, 3.8) is 0 Å². The van der Waals surface area contributed by atoms with Gasteiger partial charge in [0.05, 0.1) is 13.0 Å². The lowest BCUT2D eigenvalue weighted by molar-refractivity contribution is -0.146. The van der Waals surface area contributed by atoms with Crippen LogP contribution in [0.5, 0.6) is 0 Å². The molecule has 0 aromatic heterocycles. The maximum absolute atomic E-state index is 12.6. The number of rotatable bonds is 5. The average molecular weight is 543 g/mol. The molecular weight excluding hydrogens is 509 g/mol. The number of ether oxygens (including phenoxy) is 1. The summed E-state index contributed by atoms with van der Waals surface area (Å²) in [5.41, 5.74) is 1.21. The number of aliphatic imine (C=N–C) groups is 1. The van der Waals surface area contributed by atoms with E-state index in [0.717, 1.165) is 38.7 Å². The number of guanidine groups is 1. The summed E-state index contributed by atoms with van der Waals surface area (Å²) in [5, 5.41) is 3.28. The van der Waals surface area contributed by atoms with Gasteiger partial charge in [0.25, 0.3) is 0 Å². The zero-order chi connectivity index (χ0) is 21.5. The minimum absolute atomic E-state index is 0. The van der Waals surface area contributed by atoms with Gasteiger partial charge in [-0.2, -0.15) is 0 Å². The number of hydrogen-bond acceptors (Lipinski definition) is 5. The van der Waals surface area contributed by atoms with Crippen molar-refractivity contribution < 1.29 is 14.3 Å². The lowest BCUT2D eigenvalue weighted by Gasteiger charge is -2.36. The van der Waals surface area contributed by atoms with E-state index in [-0.39, 0.29) is 47.7 Å². The van der Waals surface area contributed by atoms with Gasteiger partial charge >= 0.3 is 5.97 Å². The molecule has 2 atom stereocenters. The smallest absolute Gasteiger partial charge is 0.310 e. The van der Waals surface area contributed by atoms with Crippen LogP contribution in [-0.4, -0.2) is 87.6 Å². The third kappa shape index (κ3) is 6.47. The van der Waals surface area contributed by atoms with Crippen LogP contribution in [0, 0.1) is 11.8 Å². The SMILES string of the molecule is CN=C(NCCC(=O)N1CCN(c2ccccc2)CC1)N1CC(C)C(C(=O)OC)C1.I. The first-order chi connectivity index (χ1) is 14.5. The third-order valence-electron chi connectivity index (χ3n) is 6.00. The fraction of sp³-hybridized carbons (Fsp3) is 0.591. The summed E-state index contributed by atoms with van der Waals surface area (Å²) in [6.45, 7) is 7.10. The van der Waals surface area contributed by atoms with Crippen molar-refractivity contribution in [2.45, 2.75) is 13.3 Å². The summed E-state index contributed by atoms with van der Waals surface area (Å²) in [4.78, 5) is 35.2. The molecule has 172 valence electrons. The maximum Gasteiger partial charge on any atom is 0.310 e. The van der Waals surface area contributed by atoms with Gasteiger partial charge in [0, 0.05) is 65.0 Å². The summed E-state index contributed by atoms with van der Waals surface area (Å²) >= 11 is 0. The van der Waals surface area contributed by atoms with Gasteiger partial charge in [-0.05, 0) is 18.1 Å². The lowest BCUT2D eigenvalue weighted by atomic mass is 9.99. The van der Waals surface area contributed by atoms with Crippen LogP contribution >= 0.6 is 24.0 Å². The van der Waals surface area contributed by atoms with Gasteiger partial charge in [-0.25, -0.2) is 0 Å². The molecule has 1 aromatic rings. The molecule has 1 N–H and O–H groups in total. The van der Waals surface area contributed by atoms with E-state index in [0.29, 0.717) is 19.5 Å². The first-order valence-electron chi connectivity index (χ1n) is 10.6. The van der Waals surface area contributed by atoms with Crippen molar-refractivity contribution in [2.75, 3.05) is 64.9 Å². The zero-order valence-corrected chi connectivity index (χ0v) is 21.0. The van der Waals surface area contributed by atoms with Crippen LogP contribution < -0.4 is 10.2 Å². The van der Waals surface area contributed by atoms with E-state index in [9.17, 15) is 9.59 Å². The Morgan fingerprint density at radius 1 is 1.10 bits per heavy atom. The van der Waals surface area contributed by atoms with Crippen LogP contribution in [0.25, 0.3) is 0 Å². The highest BCUT2D eigenvalue weighted by atomic mass is 127. The monoisotopic (exact) mass is 543 g/mol. The first kappa shape index (κ1) is 25.2. The number of methoxy groups -OCH3 is 1. The summed E-state index contributed by atoms with van der Waals surface area (Å²) < 4.78 is 4.90. The number of esters is 1. The van der Waals surface area contributed by atoms with Gasteiger partial charge in [-0.1, -0.05) is 25.1 Å². The fourth-order valence-corrected chi connectivity index (χ4v) is 4.22. The second kappa shape index (κ2) is 12.1. The molecule has 9 heteroatoms. The summed E-state index contributed by atoms with van der Waals surface area (Å²) in [6.07, 6.45) is 0.425. The number of nitrogens with one attached hydrogen (secondary N) is 1. The third-order valence-corrected chi connectivity index (χ3v) is 6.00. The molecule has 0 radical (unpaired) electrons. The van der Waals surface area contributed by atoms with E-state index in [4.69, 9.17) is 4.74 Å². The van der Waals surface area contributed by atoms with Gasteiger partial charge in [-0.3, -0.25) is 14.6 Å². The Kier molecular flexibility index (Phi) is 9.86. The maximum atomic E-state index is 12.6. The van der Waals surface area contributed by atoms with E-state index in [1.54, 1.807) is 7.05 Å². The number of para-hydroxylation sites is 1. The molecule has 0 bridgehead atoms. The van der Waals surface area contributed by atoms with Crippen LogP contribution in [0.2, 0.25) is 0 Å². The van der Waals surface area contributed by atoms with Gasteiger partial charge in [0.1, 0.15) is 0 Å². The van der Waals surface area contributed by atoms with Crippen LogP contribution in [0.4, 0.5) is 5.69 Å². The standard InChI is InChI=1S/C22H33N5O3.HI/c1-17-15-27(16-19(17)21(29)30-3)22(23-2)24-10-9-20(28)26-13-11-25(12-14-26)18-7-5-4-6-8-18;/h4-8,17,19H,9-16H2,1-3H3,(H,23,24);1H. The van der Waals surface area contributed by atoms with Crippen LogP contribution in [0.3, 0.4) is 0 Å². The quantitative estimate of drug-likeness (QED) is 0.264. The molecule has 2 fully saturated rings. The topological polar surface area (TPSA) is 77.5 Å². The second-order valence-electron chi connectivity index (χ2n) is 7.94. The summed E-state index contributed by atoms with van der Waals surface area (Å²) in [5.74, 6) is 0.780. The van der Waals surface area contributed by atoms with Gasteiger partial charge < -0.3 is 24.8 Å². The normalized spacial score (nSPS) is 21.5. The number of hydrogen-bond donors (Lipinski definition) is 1. The summed E-state index contributed by atoms with van der Waals surface area (Å²) in [6, 6.07) is 10.3. The Morgan fingerprint density at radius 3 is 2.39 bits per heavy atom. The molecule has 2 unspecified atom stereocenters. The largest absolute Gasteiger partial charge is 0.469 e. The highest BCUT2D eigenvalue weighted by Gasteiger charge is 2.36. The Hall–Kier alpha value is -2.04. The Morgan fingerprint density at radius 2 is 1.77 bits per heavy atom. The Balaban J connectivity index is 0.00000341. The second-order valence-corrected chi connectivity index (χ2v) is 7.94. The fourth-order valence-electron chi connectivity index (χ4n) is 4.22. The zero-order valence-electron chi connectivity index (χ0n) is 18.6. The van der Waals surface area contributed by atoms with Crippen LogP contribution in [0.1, 0.15) is 13.3 Å². The van der Waals surface area contributed by atoms with Crippen molar-refractivity contribution in [1.82, 2.24) is 15.1 Å². The molecule has 0 spiro atoms. The minimum atomic E-state index is -0.176. The number of benzene rings is 1. The van der Waals surface area contributed by atoms with E-state index >= 15 is 0 Å². The first-order valence-corrected chi connectivity index (χ1v) is 10.6. The van der Waals surface area contributed by atoms with Crippen LogP contribution in [0.15, 0.2) is 35.3 Å². The van der Waals surface area contributed by atoms with E-state index in [1.165, 1.54) is 12.8 Å². The van der Waals surface area contributed by atoms with E-state index < -0.39 is 0 Å². The number of amides is 1. The minimum Gasteiger partial charge on any atom is -0.469 e. The molecule has 0 saturated carbocycles. The molecular formula is C22H34IN5O3. The van der Waals surface area contributed by atoms with Crippen molar-refractivity contribution in [2.24, 2.45) is 16.8 Å².